The largest absolute Gasteiger partial charge is 0.494 e. The molecule has 0 aliphatic rings. The molecule has 0 radical (unpaired) electrons. The monoisotopic (exact) mass is 359 g/mol. The average molecular weight is 359 g/mol. The van der Waals surface area contributed by atoms with Crippen molar-refractivity contribution in [1.82, 2.24) is 0 Å². The van der Waals surface area contributed by atoms with Gasteiger partial charge in [0, 0.05) is 22.5 Å². The van der Waals surface area contributed by atoms with Crippen molar-refractivity contribution < 1.29 is 13.9 Å². The Bertz CT molecular complexity index is 1200. The van der Waals surface area contributed by atoms with Crippen LogP contribution in [-0.4, -0.2) is 12.5 Å². The summed E-state index contributed by atoms with van der Waals surface area (Å²) in [6, 6.07) is 20.1. The molecule has 0 aliphatic carbocycles. The molecule has 1 aromatic heterocycles. The topological polar surface area (TPSA) is 68.5 Å². The Balaban J connectivity index is 1.71. The molecule has 0 unspecified atom stereocenters. The molecule has 0 aliphatic heterocycles. The van der Waals surface area contributed by atoms with Crippen LogP contribution in [0.1, 0.15) is 17.3 Å². The van der Waals surface area contributed by atoms with Crippen molar-refractivity contribution in [3.05, 3.63) is 82.7 Å². The first kappa shape index (κ1) is 16.8. The lowest BCUT2D eigenvalue weighted by Crippen LogP contribution is -2.20. The quantitative estimate of drug-likeness (QED) is 0.541. The number of ether oxygens (including phenoxy) is 1. The summed E-state index contributed by atoms with van der Waals surface area (Å²) in [7, 11) is 0. The number of benzene rings is 3. The Kier molecular flexibility index (Phi) is 4.34. The summed E-state index contributed by atoms with van der Waals surface area (Å²) in [5.74, 6) is 0.108. The first-order valence-corrected chi connectivity index (χ1v) is 8.65. The molecule has 0 saturated heterocycles. The molecule has 3 aromatic carbocycles. The lowest BCUT2D eigenvalue weighted by molar-refractivity contribution is 0.102. The van der Waals surface area contributed by atoms with E-state index in [1.165, 1.54) is 6.07 Å². The van der Waals surface area contributed by atoms with Crippen LogP contribution in [0.25, 0.3) is 21.7 Å². The van der Waals surface area contributed by atoms with Gasteiger partial charge in [-0.3, -0.25) is 4.79 Å². The van der Waals surface area contributed by atoms with Crippen molar-refractivity contribution in [2.75, 3.05) is 11.9 Å². The molecule has 5 heteroatoms. The van der Waals surface area contributed by atoms with Gasteiger partial charge in [0.15, 0.2) is 0 Å². The molecule has 0 bridgehead atoms. The van der Waals surface area contributed by atoms with E-state index in [-0.39, 0.29) is 5.56 Å². The van der Waals surface area contributed by atoms with Crippen LogP contribution >= 0.6 is 0 Å². The number of anilines is 1. The fourth-order valence-electron chi connectivity index (χ4n) is 3.03. The fraction of sp³-hybridized carbons (Fsp3) is 0.0909. The van der Waals surface area contributed by atoms with Crippen LogP contribution in [0.2, 0.25) is 0 Å². The minimum atomic E-state index is -0.686. The van der Waals surface area contributed by atoms with Crippen molar-refractivity contribution in [3.63, 3.8) is 0 Å². The molecule has 1 amide bonds. The van der Waals surface area contributed by atoms with Crippen LogP contribution in [-0.2, 0) is 0 Å². The van der Waals surface area contributed by atoms with Gasteiger partial charge in [0.2, 0.25) is 0 Å². The number of hydrogen-bond acceptors (Lipinski definition) is 4. The molecule has 0 spiro atoms. The molecule has 1 N–H and O–H groups in total. The second-order valence-electron chi connectivity index (χ2n) is 6.06. The molecule has 134 valence electrons. The van der Waals surface area contributed by atoms with Gasteiger partial charge in [-0.05, 0) is 36.6 Å². The number of hydrogen-bond donors (Lipinski definition) is 1. The van der Waals surface area contributed by atoms with E-state index >= 15 is 0 Å². The van der Waals surface area contributed by atoms with Gasteiger partial charge < -0.3 is 14.5 Å². The van der Waals surface area contributed by atoms with E-state index in [0.717, 1.165) is 10.8 Å². The molecule has 0 atom stereocenters. The third-order valence-corrected chi connectivity index (χ3v) is 4.30. The third-order valence-electron chi connectivity index (χ3n) is 4.30. The maximum Gasteiger partial charge on any atom is 0.349 e. The highest BCUT2D eigenvalue weighted by molar-refractivity contribution is 6.09. The smallest absolute Gasteiger partial charge is 0.349 e. The summed E-state index contributed by atoms with van der Waals surface area (Å²) in [4.78, 5) is 25.0. The molecule has 0 saturated carbocycles. The molecule has 5 nitrogen and oxygen atoms in total. The van der Waals surface area contributed by atoms with Crippen molar-refractivity contribution in [2.24, 2.45) is 0 Å². The van der Waals surface area contributed by atoms with Gasteiger partial charge in [0.1, 0.15) is 16.9 Å². The summed E-state index contributed by atoms with van der Waals surface area (Å²) in [5, 5.41) is 5.38. The van der Waals surface area contributed by atoms with Crippen molar-refractivity contribution in [2.45, 2.75) is 6.92 Å². The summed E-state index contributed by atoms with van der Waals surface area (Å²) in [6.07, 6.45) is 0. The normalized spacial score (nSPS) is 10.9. The zero-order valence-corrected chi connectivity index (χ0v) is 14.7. The maximum atomic E-state index is 12.7. The van der Waals surface area contributed by atoms with Crippen LogP contribution in [0.5, 0.6) is 5.75 Å². The highest BCUT2D eigenvalue weighted by atomic mass is 16.5. The van der Waals surface area contributed by atoms with Gasteiger partial charge in [-0.1, -0.05) is 36.4 Å². The molecular formula is C22H17NO4. The van der Waals surface area contributed by atoms with Crippen molar-refractivity contribution in [1.29, 1.82) is 0 Å². The van der Waals surface area contributed by atoms with Crippen LogP contribution in [0.4, 0.5) is 5.69 Å². The van der Waals surface area contributed by atoms with E-state index in [2.05, 4.69) is 5.32 Å². The van der Waals surface area contributed by atoms with Crippen molar-refractivity contribution in [3.8, 4) is 5.75 Å². The zero-order valence-electron chi connectivity index (χ0n) is 14.7. The van der Waals surface area contributed by atoms with E-state index in [1.807, 2.05) is 43.3 Å². The number of amides is 1. The Morgan fingerprint density at radius 2 is 1.81 bits per heavy atom. The lowest BCUT2D eigenvalue weighted by Gasteiger charge is -2.09. The predicted molar refractivity (Wildman–Crippen MR) is 106 cm³/mol. The fourth-order valence-corrected chi connectivity index (χ4v) is 3.03. The minimum Gasteiger partial charge on any atom is -0.494 e. The number of nitrogens with one attached hydrogen (secondary N) is 1. The number of rotatable bonds is 4. The van der Waals surface area contributed by atoms with E-state index in [4.69, 9.17) is 9.15 Å². The Hall–Kier alpha value is -3.60. The van der Waals surface area contributed by atoms with Crippen LogP contribution < -0.4 is 15.7 Å². The highest BCUT2D eigenvalue weighted by Crippen LogP contribution is 2.24. The number of fused-ring (bicyclic) bond motifs is 2. The Morgan fingerprint density at radius 3 is 2.67 bits per heavy atom. The van der Waals surface area contributed by atoms with Gasteiger partial charge >= 0.3 is 5.63 Å². The van der Waals surface area contributed by atoms with E-state index in [9.17, 15) is 9.59 Å². The van der Waals surface area contributed by atoms with Gasteiger partial charge in [0.25, 0.3) is 5.91 Å². The number of carbonyl (C=O) groups is 1. The average Bonchev–Trinajstić information content (AvgIpc) is 2.68. The highest BCUT2D eigenvalue weighted by Gasteiger charge is 2.15. The second-order valence-corrected chi connectivity index (χ2v) is 6.06. The first-order valence-electron chi connectivity index (χ1n) is 8.65. The van der Waals surface area contributed by atoms with Crippen LogP contribution in [0.15, 0.2) is 75.9 Å². The first-order chi connectivity index (χ1) is 13.2. The summed E-state index contributed by atoms with van der Waals surface area (Å²) in [5.41, 5.74) is 0.297. The molecule has 4 aromatic rings. The Morgan fingerprint density at radius 1 is 1.00 bits per heavy atom. The minimum absolute atomic E-state index is 0.0420. The van der Waals surface area contributed by atoms with E-state index in [1.54, 1.807) is 24.3 Å². The summed E-state index contributed by atoms with van der Waals surface area (Å²) in [6.45, 7) is 2.39. The summed E-state index contributed by atoms with van der Waals surface area (Å²) >= 11 is 0. The Labute approximate surface area is 155 Å². The molecule has 27 heavy (non-hydrogen) atoms. The molecule has 1 heterocycles. The van der Waals surface area contributed by atoms with E-state index < -0.39 is 11.5 Å². The van der Waals surface area contributed by atoms with Crippen molar-refractivity contribution >= 4 is 33.3 Å². The molecule has 0 fully saturated rings. The molecule has 4 rings (SSSR count). The van der Waals surface area contributed by atoms with Gasteiger partial charge in [-0.2, -0.15) is 0 Å². The maximum absolute atomic E-state index is 12.7. The van der Waals surface area contributed by atoms with Crippen LogP contribution in [0, 0.1) is 0 Å². The SMILES string of the molecule is CCOc1ccc2cc(C(=O)Nc3cccc4ccccc34)c(=O)oc2c1. The second kappa shape index (κ2) is 6.96. The van der Waals surface area contributed by atoms with Gasteiger partial charge in [-0.25, -0.2) is 4.79 Å². The predicted octanol–water partition coefficient (Wildman–Crippen LogP) is 4.60. The zero-order chi connectivity index (χ0) is 18.8. The van der Waals surface area contributed by atoms with Gasteiger partial charge in [0.05, 0.1) is 6.61 Å². The van der Waals surface area contributed by atoms with Gasteiger partial charge in [-0.15, -0.1) is 0 Å². The summed E-state index contributed by atoms with van der Waals surface area (Å²) < 4.78 is 10.7. The van der Waals surface area contributed by atoms with E-state index in [0.29, 0.717) is 29.0 Å². The lowest BCUT2D eigenvalue weighted by atomic mass is 10.1. The standard InChI is InChI=1S/C22H17NO4/c1-2-26-16-11-10-15-12-18(22(25)27-20(15)13-16)21(24)23-19-9-5-7-14-6-3-4-8-17(14)19/h3-13H,2H2,1H3,(H,23,24). The molecular weight excluding hydrogens is 342 g/mol. The third kappa shape index (κ3) is 3.27. The number of carbonyl (C=O) groups excluding carboxylic acids is 1. The van der Waals surface area contributed by atoms with Crippen LogP contribution in [0.3, 0.4) is 0 Å².